The fourth-order valence-corrected chi connectivity index (χ4v) is 4.27. The van der Waals surface area contributed by atoms with Gasteiger partial charge in [0, 0.05) is 20.1 Å². The maximum atomic E-state index is 12.2. The minimum Gasteiger partial charge on any atom is -0.489 e. The van der Waals surface area contributed by atoms with Crippen LogP contribution in [0.5, 0.6) is 5.75 Å². The molecule has 10 heteroatoms. The number of carbonyl (C=O) groups excluding carboxylic acids is 1. The Morgan fingerprint density at radius 3 is 2.72 bits per heavy atom. The highest BCUT2D eigenvalue weighted by Gasteiger charge is 2.30. The van der Waals surface area contributed by atoms with Crippen molar-refractivity contribution in [2.45, 2.75) is 52.2 Å². The van der Waals surface area contributed by atoms with Crippen molar-refractivity contribution in [3.8, 4) is 17.1 Å². The second-order valence-electron chi connectivity index (χ2n) is 8.79. The number of hydrogen-bond donors (Lipinski definition) is 1. The molecular formula is C22H29N5O5. The Bertz CT molecular complexity index is 1000. The first-order valence-electron chi connectivity index (χ1n) is 11.0. The Balaban J connectivity index is 1.44. The van der Waals surface area contributed by atoms with Gasteiger partial charge in [-0.15, -0.1) is 5.10 Å². The second-order valence-corrected chi connectivity index (χ2v) is 8.79. The molecule has 2 aliphatic rings. The van der Waals surface area contributed by atoms with Crippen LogP contribution in [0.25, 0.3) is 11.4 Å². The molecule has 1 saturated heterocycles. The molecule has 0 radical (unpaired) electrons. The molecule has 0 bridgehead atoms. The smallest absolute Gasteiger partial charge is 0.410 e. The summed E-state index contributed by atoms with van der Waals surface area (Å²) < 4.78 is 13.1. The van der Waals surface area contributed by atoms with Crippen LogP contribution in [-0.4, -0.2) is 61.2 Å². The van der Waals surface area contributed by atoms with Crippen molar-refractivity contribution in [2.24, 2.45) is 18.9 Å². The lowest BCUT2D eigenvalue weighted by Crippen LogP contribution is -2.48. The first kappa shape index (κ1) is 22.0. The van der Waals surface area contributed by atoms with E-state index in [4.69, 9.17) is 9.47 Å². The largest absolute Gasteiger partial charge is 0.489 e. The number of likely N-dealkylation sites (tertiary alicyclic amines) is 1. The Morgan fingerprint density at radius 1 is 1.25 bits per heavy atom. The van der Waals surface area contributed by atoms with E-state index in [1.807, 2.05) is 13.0 Å². The first-order chi connectivity index (χ1) is 15.3. The van der Waals surface area contributed by atoms with Crippen molar-refractivity contribution in [2.75, 3.05) is 13.1 Å². The number of amides is 1. The molecule has 1 aliphatic heterocycles. The zero-order valence-corrected chi connectivity index (χ0v) is 18.7. The van der Waals surface area contributed by atoms with Crippen molar-refractivity contribution in [1.29, 1.82) is 0 Å². The van der Waals surface area contributed by atoms with Gasteiger partial charge in [-0.3, -0.25) is 4.79 Å². The molecule has 1 saturated carbocycles. The topological polar surface area (TPSA) is 120 Å². The lowest BCUT2D eigenvalue weighted by Gasteiger charge is -2.35. The summed E-state index contributed by atoms with van der Waals surface area (Å²) in [6.45, 7) is 5.42. The number of ether oxygens (including phenoxy) is 2. The molecule has 2 aromatic rings. The molecule has 32 heavy (non-hydrogen) atoms. The van der Waals surface area contributed by atoms with E-state index in [1.165, 1.54) is 0 Å². The van der Waals surface area contributed by atoms with E-state index in [-0.39, 0.29) is 24.7 Å². The Hall–Kier alpha value is -3.17. The lowest BCUT2D eigenvalue weighted by molar-refractivity contribution is -0.143. The maximum Gasteiger partial charge on any atom is 0.410 e. The summed E-state index contributed by atoms with van der Waals surface area (Å²) in [6, 6.07) is 3.63. The molecular weight excluding hydrogens is 414 g/mol. The molecule has 0 spiro atoms. The molecule has 4 rings (SSSR count). The van der Waals surface area contributed by atoms with Gasteiger partial charge in [-0.05, 0) is 50.7 Å². The average molecular weight is 444 g/mol. The molecule has 1 aliphatic carbocycles. The third kappa shape index (κ3) is 4.68. The third-order valence-electron chi connectivity index (χ3n) is 6.15. The van der Waals surface area contributed by atoms with Crippen LogP contribution in [0.4, 0.5) is 4.79 Å². The molecule has 3 heterocycles. The maximum absolute atomic E-state index is 12.2. The van der Waals surface area contributed by atoms with E-state index in [0.717, 1.165) is 12.8 Å². The number of aryl methyl sites for hydroxylation is 2. The van der Waals surface area contributed by atoms with Crippen molar-refractivity contribution < 1.29 is 24.2 Å². The minimum atomic E-state index is -0.761. The molecule has 0 aromatic carbocycles. The summed E-state index contributed by atoms with van der Waals surface area (Å²) >= 11 is 0. The number of aromatic nitrogens is 4. The number of carboxylic acids is 1. The normalized spacial score (nSPS) is 21.2. The van der Waals surface area contributed by atoms with Crippen LogP contribution >= 0.6 is 0 Å². The van der Waals surface area contributed by atoms with Crippen LogP contribution < -0.4 is 4.74 Å². The summed E-state index contributed by atoms with van der Waals surface area (Å²) in [5, 5.41) is 17.6. The summed E-state index contributed by atoms with van der Waals surface area (Å²) in [5.74, 6) is 0.0233. The quantitative estimate of drug-likeness (QED) is 0.724. The number of carbonyl (C=O) groups is 2. The Labute approximate surface area is 186 Å². The van der Waals surface area contributed by atoms with Gasteiger partial charge in [0.1, 0.15) is 23.7 Å². The third-order valence-corrected chi connectivity index (χ3v) is 6.15. The van der Waals surface area contributed by atoms with Gasteiger partial charge in [-0.1, -0.05) is 12.1 Å². The molecule has 2 atom stereocenters. The molecule has 0 unspecified atom stereocenters. The van der Waals surface area contributed by atoms with Gasteiger partial charge >= 0.3 is 12.1 Å². The number of rotatable bonds is 6. The summed E-state index contributed by atoms with van der Waals surface area (Å²) in [7, 11) is 1.75. The van der Waals surface area contributed by atoms with Gasteiger partial charge in [0.2, 0.25) is 0 Å². The number of carboxylic acid groups (broad SMARTS) is 1. The SMILES string of the molecule is Cc1nc(-c2nnn(C)c2COC(=O)N2CC(C)C2)ccc1O[C@H]1CCC[C@H](C(=O)O)C1. The summed E-state index contributed by atoms with van der Waals surface area (Å²) in [5.41, 5.74) is 2.50. The predicted octanol–water partition coefficient (Wildman–Crippen LogP) is 2.80. The highest BCUT2D eigenvalue weighted by molar-refractivity contribution is 5.70. The molecule has 1 amide bonds. The second kappa shape index (κ2) is 9.13. The summed E-state index contributed by atoms with van der Waals surface area (Å²) in [4.78, 5) is 29.8. The van der Waals surface area contributed by atoms with E-state index in [9.17, 15) is 14.7 Å². The van der Waals surface area contributed by atoms with E-state index in [0.29, 0.717) is 60.4 Å². The van der Waals surface area contributed by atoms with E-state index in [2.05, 4.69) is 22.2 Å². The van der Waals surface area contributed by atoms with Crippen molar-refractivity contribution in [3.63, 3.8) is 0 Å². The van der Waals surface area contributed by atoms with Crippen LogP contribution in [0.15, 0.2) is 12.1 Å². The number of pyridine rings is 1. The zero-order chi connectivity index (χ0) is 22.8. The Morgan fingerprint density at radius 2 is 2.03 bits per heavy atom. The number of nitrogens with zero attached hydrogens (tertiary/aromatic N) is 5. The van der Waals surface area contributed by atoms with E-state index in [1.54, 1.807) is 22.7 Å². The van der Waals surface area contributed by atoms with Crippen LogP contribution in [0.3, 0.4) is 0 Å². The first-order valence-corrected chi connectivity index (χ1v) is 11.0. The minimum absolute atomic E-state index is 0.0557. The molecule has 2 fully saturated rings. The highest BCUT2D eigenvalue weighted by Crippen LogP contribution is 2.30. The molecule has 10 nitrogen and oxygen atoms in total. The van der Waals surface area contributed by atoms with Crippen LogP contribution in [0, 0.1) is 18.8 Å². The number of aliphatic carboxylic acids is 1. The fraction of sp³-hybridized carbons (Fsp3) is 0.591. The van der Waals surface area contributed by atoms with Crippen LogP contribution in [-0.2, 0) is 23.2 Å². The van der Waals surface area contributed by atoms with Gasteiger partial charge in [-0.25, -0.2) is 14.5 Å². The van der Waals surface area contributed by atoms with Crippen molar-refractivity contribution in [1.82, 2.24) is 24.9 Å². The highest BCUT2D eigenvalue weighted by atomic mass is 16.6. The van der Waals surface area contributed by atoms with Gasteiger partial charge in [0.25, 0.3) is 0 Å². The van der Waals surface area contributed by atoms with Crippen LogP contribution in [0.2, 0.25) is 0 Å². The molecule has 172 valence electrons. The van der Waals surface area contributed by atoms with Crippen molar-refractivity contribution >= 4 is 12.1 Å². The number of hydrogen-bond acceptors (Lipinski definition) is 7. The molecule has 2 aromatic heterocycles. The fourth-order valence-electron chi connectivity index (χ4n) is 4.27. The van der Waals surface area contributed by atoms with Gasteiger partial charge in [0.05, 0.1) is 23.4 Å². The van der Waals surface area contributed by atoms with E-state index < -0.39 is 5.97 Å². The van der Waals surface area contributed by atoms with Crippen molar-refractivity contribution in [3.05, 3.63) is 23.5 Å². The standard InChI is InChI=1S/C22H29N5O5/c1-13-10-27(11-13)22(30)31-12-18-20(24-25-26(18)3)17-7-8-19(14(2)23-17)32-16-6-4-5-15(9-16)21(28)29/h7-8,13,15-16H,4-6,9-12H2,1-3H3,(H,28,29)/t15-,16-/m0/s1. The lowest BCUT2D eigenvalue weighted by atomic mass is 9.87. The zero-order valence-electron chi connectivity index (χ0n) is 18.7. The monoisotopic (exact) mass is 443 g/mol. The summed E-state index contributed by atoms with van der Waals surface area (Å²) in [6.07, 6.45) is 2.40. The van der Waals surface area contributed by atoms with Gasteiger partial charge < -0.3 is 19.5 Å². The van der Waals surface area contributed by atoms with Gasteiger partial charge in [-0.2, -0.15) is 0 Å². The predicted molar refractivity (Wildman–Crippen MR) is 114 cm³/mol. The van der Waals surface area contributed by atoms with Crippen LogP contribution in [0.1, 0.15) is 44.0 Å². The van der Waals surface area contributed by atoms with E-state index >= 15 is 0 Å². The van der Waals surface area contributed by atoms with Gasteiger partial charge in [0.15, 0.2) is 0 Å². The molecule has 1 N–H and O–H groups in total. The average Bonchev–Trinajstić information content (AvgIpc) is 3.11. The Kier molecular flexibility index (Phi) is 6.29.